The number of H-pyrrole nitrogens is 1. The molecule has 4 rings (SSSR count). The summed E-state index contributed by atoms with van der Waals surface area (Å²) in [5.74, 6) is 0.823. The molecule has 1 aromatic carbocycles. The molecule has 0 saturated carbocycles. The molecule has 1 N–H and O–H groups in total. The number of nitrogens with zero attached hydrogens (tertiary/aromatic N) is 3. The number of aromatic nitrogens is 4. The van der Waals surface area contributed by atoms with Crippen LogP contribution in [0.4, 0.5) is 0 Å². The summed E-state index contributed by atoms with van der Waals surface area (Å²) in [6.45, 7) is 2.15. The molecule has 3 aromatic heterocycles. The van der Waals surface area contributed by atoms with Crippen LogP contribution in [0, 0.1) is 0 Å². The molecule has 0 unspecified atom stereocenters. The maximum absolute atomic E-state index is 4.82. The highest BCUT2D eigenvalue weighted by Gasteiger charge is 2.16. The molecule has 0 bridgehead atoms. The Morgan fingerprint density at radius 2 is 1.48 bits per heavy atom. The molecule has 4 aromatic rings. The molecular weight excluding hydrogens is 308 g/mol. The third-order valence-electron chi connectivity index (χ3n) is 4.17. The molecule has 25 heavy (non-hydrogen) atoms. The van der Waals surface area contributed by atoms with E-state index < -0.39 is 0 Å². The fourth-order valence-electron chi connectivity index (χ4n) is 2.79. The van der Waals surface area contributed by atoms with E-state index in [9.17, 15) is 0 Å². The van der Waals surface area contributed by atoms with Crippen molar-refractivity contribution in [2.45, 2.75) is 13.3 Å². The quantitative estimate of drug-likeness (QED) is 0.588. The molecular formula is C21H18N4. The van der Waals surface area contributed by atoms with E-state index in [0.29, 0.717) is 0 Å². The van der Waals surface area contributed by atoms with Gasteiger partial charge in [-0.3, -0.25) is 9.97 Å². The van der Waals surface area contributed by atoms with E-state index in [2.05, 4.69) is 46.1 Å². The highest BCUT2D eigenvalue weighted by Crippen LogP contribution is 2.31. The summed E-state index contributed by atoms with van der Waals surface area (Å²) in [7, 11) is 0. The first-order chi connectivity index (χ1) is 12.3. The van der Waals surface area contributed by atoms with E-state index >= 15 is 0 Å². The zero-order valence-corrected chi connectivity index (χ0v) is 14.0. The third kappa shape index (κ3) is 3.06. The van der Waals surface area contributed by atoms with Gasteiger partial charge in [0, 0.05) is 18.0 Å². The number of aromatic amines is 1. The van der Waals surface area contributed by atoms with Gasteiger partial charge in [0.05, 0.1) is 17.1 Å². The lowest BCUT2D eigenvalue weighted by atomic mass is 10.1. The summed E-state index contributed by atoms with van der Waals surface area (Å²) < 4.78 is 0. The van der Waals surface area contributed by atoms with Crippen molar-refractivity contribution in [3.05, 3.63) is 78.6 Å². The molecule has 0 amide bonds. The minimum atomic E-state index is 0.814. The Kier molecular flexibility index (Phi) is 4.09. The van der Waals surface area contributed by atoms with Gasteiger partial charge in [-0.1, -0.05) is 43.3 Å². The van der Waals surface area contributed by atoms with Crippen molar-refractivity contribution in [1.29, 1.82) is 0 Å². The Morgan fingerprint density at radius 1 is 0.800 bits per heavy atom. The van der Waals surface area contributed by atoms with Gasteiger partial charge in [0.25, 0.3) is 0 Å². The van der Waals surface area contributed by atoms with Crippen molar-refractivity contribution >= 4 is 0 Å². The van der Waals surface area contributed by atoms with Crippen molar-refractivity contribution in [1.82, 2.24) is 19.9 Å². The molecule has 3 heterocycles. The number of hydrogen-bond donors (Lipinski definition) is 1. The van der Waals surface area contributed by atoms with Crippen molar-refractivity contribution < 1.29 is 0 Å². The van der Waals surface area contributed by atoms with Crippen LogP contribution in [0.15, 0.2) is 73.1 Å². The van der Waals surface area contributed by atoms with Crippen LogP contribution in [0.2, 0.25) is 0 Å². The van der Waals surface area contributed by atoms with E-state index in [1.54, 1.807) is 12.4 Å². The first-order valence-electron chi connectivity index (χ1n) is 8.37. The van der Waals surface area contributed by atoms with Crippen LogP contribution in [0.1, 0.15) is 12.5 Å². The van der Waals surface area contributed by atoms with Crippen molar-refractivity contribution in [2.75, 3.05) is 0 Å². The first-order valence-corrected chi connectivity index (χ1v) is 8.37. The molecule has 4 heteroatoms. The molecule has 0 radical (unpaired) electrons. The molecule has 0 aliphatic heterocycles. The van der Waals surface area contributed by atoms with Crippen LogP contribution in [0.25, 0.3) is 34.2 Å². The van der Waals surface area contributed by atoms with Crippen molar-refractivity contribution in [3.8, 4) is 34.2 Å². The van der Waals surface area contributed by atoms with E-state index in [-0.39, 0.29) is 0 Å². The van der Waals surface area contributed by atoms with Crippen molar-refractivity contribution in [3.63, 3.8) is 0 Å². The Bertz CT molecular complexity index is 901. The second-order valence-corrected chi connectivity index (χ2v) is 5.79. The van der Waals surface area contributed by atoms with Crippen LogP contribution in [0.5, 0.6) is 0 Å². The highest BCUT2D eigenvalue weighted by molar-refractivity contribution is 5.78. The minimum absolute atomic E-state index is 0.814. The molecule has 0 saturated heterocycles. The topological polar surface area (TPSA) is 54.5 Å². The zero-order chi connectivity index (χ0) is 17.1. The van der Waals surface area contributed by atoms with Crippen LogP contribution in [-0.4, -0.2) is 19.9 Å². The van der Waals surface area contributed by atoms with Crippen LogP contribution in [0.3, 0.4) is 0 Å². The lowest BCUT2D eigenvalue weighted by Crippen LogP contribution is -1.88. The second kappa shape index (κ2) is 6.69. The van der Waals surface area contributed by atoms with Gasteiger partial charge in [-0.25, -0.2) is 4.98 Å². The standard InChI is InChI=1S/C21H18N4/c1-2-15-9-11-16(12-10-15)21-24-19(17-7-3-5-13-22-17)20(25-21)18-8-4-6-14-23-18/h3-14H,2H2,1H3,(H,24,25). The lowest BCUT2D eigenvalue weighted by Gasteiger charge is -2.01. The molecule has 122 valence electrons. The normalized spacial score (nSPS) is 10.8. The van der Waals surface area contributed by atoms with E-state index in [0.717, 1.165) is 40.6 Å². The Labute approximate surface area is 146 Å². The summed E-state index contributed by atoms with van der Waals surface area (Å²) in [6, 6.07) is 20.2. The van der Waals surface area contributed by atoms with E-state index in [1.807, 2.05) is 36.4 Å². The molecule has 0 atom stereocenters. The highest BCUT2D eigenvalue weighted by atomic mass is 15.0. The fraction of sp³-hybridized carbons (Fsp3) is 0.0952. The van der Waals surface area contributed by atoms with Gasteiger partial charge in [-0.05, 0) is 36.2 Å². The monoisotopic (exact) mass is 326 g/mol. The molecule has 0 spiro atoms. The average Bonchev–Trinajstić information content (AvgIpc) is 3.15. The summed E-state index contributed by atoms with van der Waals surface area (Å²) >= 11 is 0. The second-order valence-electron chi connectivity index (χ2n) is 5.79. The largest absolute Gasteiger partial charge is 0.336 e. The van der Waals surface area contributed by atoms with Gasteiger partial charge in [0.1, 0.15) is 11.5 Å². The van der Waals surface area contributed by atoms with Crippen LogP contribution >= 0.6 is 0 Å². The Morgan fingerprint density at radius 3 is 2.08 bits per heavy atom. The van der Waals surface area contributed by atoms with Crippen LogP contribution < -0.4 is 0 Å². The Hall–Kier alpha value is -3.27. The van der Waals surface area contributed by atoms with Crippen molar-refractivity contribution in [2.24, 2.45) is 0 Å². The smallest absolute Gasteiger partial charge is 0.138 e. The molecule has 0 aliphatic carbocycles. The minimum Gasteiger partial charge on any atom is -0.336 e. The maximum atomic E-state index is 4.82. The predicted molar refractivity (Wildman–Crippen MR) is 99.9 cm³/mol. The number of pyridine rings is 2. The Balaban J connectivity index is 1.86. The number of nitrogens with one attached hydrogen (secondary N) is 1. The van der Waals surface area contributed by atoms with Gasteiger partial charge < -0.3 is 4.98 Å². The predicted octanol–water partition coefficient (Wildman–Crippen LogP) is 4.76. The molecule has 0 fully saturated rings. The van der Waals surface area contributed by atoms with E-state index in [4.69, 9.17) is 4.98 Å². The number of benzene rings is 1. The molecule has 4 nitrogen and oxygen atoms in total. The first kappa shape index (κ1) is 15.3. The number of aryl methyl sites for hydroxylation is 1. The van der Waals surface area contributed by atoms with Gasteiger partial charge in [0.15, 0.2) is 0 Å². The maximum Gasteiger partial charge on any atom is 0.138 e. The summed E-state index contributed by atoms with van der Waals surface area (Å²) in [6.07, 6.45) is 4.59. The van der Waals surface area contributed by atoms with E-state index in [1.165, 1.54) is 5.56 Å². The van der Waals surface area contributed by atoms with Gasteiger partial charge in [0.2, 0.25) is 0 Å². The number of imidazole rings is 1. The van der Waals surface area contributed by atoms with Crippen LogP contribution in [-0.2, 0) is 6.42 Å². The SMILES string of the molecule is CCc1ccc(-c2nc(-c3ccccn3)c(-c3ccccn3)[nH]2)cc1. The average molecular weight is 326 g/mol. The lowest BCUT2D eigenvalue weighted by molar-refractivity contribution is 1.14. The van der Waals surface area contributed by atoms with Gasteiger partial charge >= 0.3 is 0 Å². The fourth-order valence-corrected chi connectivity index (χ4v) is 2.79. The molecule has 0 aliphatic rings. The number of hydrogen-bond acceptors (Lipinski definition) is 3. The summed E-state index contributed by atoms with van der Waals surface area (Å²) in [5, 5.41) is 0. The zero-order valence-electron chi connectivity index (χ0n) is 14.0. The number of rotatable bonds is 4. The third-order valence-corrected chi connectivity index (χ3v) is 4.17. The summed E-state index contributed by atoms with van der Waals surface area (Å²) in [5.41, 5.74) is 5.74. The van der Waals surface area contributed by atoms with Gasteiger partial charge in [-0.2, -0.15) is 0 Å². The summed E-state index contributed by atoms with van der Waals surface area (Å²) in [4.78, 5) is 17.2. The van der Waals surface area contributed by atoms with Gasteiger partial charge in [-0.15, -0.1) is 0 Å².